The van der Waals surface area contributed by atoms with E-state index in [0.717, 1.165) is 17.0 Å². The van der Waals surface area contributed by atoms with Gasteiger partial charge in [-0.3, -0.25) is 4.79 Å². The number of aromatic amines is 1. The zero-order valence-electron chi connectivity index (χ0n) is 11.6. The number of aromatic nitrogens is 2. The third-order valence-electron chi connectivity index (χ3n) is 3.05. The maximum Gasteiger partial charge on any atom is 0.264 e. The molecule has 1 heterocycles. The summed E-state index contributed by atoms with van der Waals surface area (Å²) in [4.78, 5) is 11.0. The summed E-state index contributed by atoms with van der Waals surface area (Å²) in [6, 6.07) is 18.1. The van der Waals surface area contributed by atoms with E-state index in [1.807, 2.05) is 36.4 Å². The molecule has 0 spiro atoms. The largest absolute Gasteiger partial charge is 0.457 e. The molecule has 0 amide bonds. The summed E-state index contributed by atoms with van der Waals surface area (Å²) in [6.07, 6.45) is 0.615. The second-order valence-corrected chi connectivity index (χ2v) is 5.23. The van der Waals surface area contributed by atoms with Crippen LogP contribution in [0.3, 0.4) is 0 Å². The van der Waals surface area contributed by atoms with Gasteiger partial charge >= 0.3 is 0 Å². The summed E-state index contributed by atoms with van der Waals surface area (Å²) < 4.78 is 5.79. The third-order valence-corrected chi connectivity index (χ3v) is 3.29. The molecule has 0 aliphatic heterocycles. The summed E-state index contributed by atoms with van der Waals surface area (Å²) in [5, 5.41) is 7.06. The summed E-state index contributed by atoms with van der Waals surface area (Å²) >= 11 is 5.95. The maximum absolute atomic E-state index is 11.0. The Labute approximate surface area is 132 Å². The molecule has 0 aliphatic carbocycles. The van der Waals surface area contributed by atoms with Crippen molar-refractivity contribution in [3.05, 3.63) is 87.3 Å². The molecule has 110 valence electrons. The molecule has 0 bridgehead atoms. The number of benzene rings is 2. The van der Waals surface area contributed by atoms with Crippen molar-refractivity contribution >= 4 is 11.6 Å². The van der Waals surface area contributed by atoms with Crippen LogP contribution in [-0.4, -0.2) is 10.2 Å². The van der Waals surface area contributed by atoms with E-state index in [0.29, 0.717) is 17.2 Å². The van der Waals surface area contributed by atoms with E-state index >= 15 is 0 Å². The first-order valence-corrected chi connectivity index (χ1v) is 7.14. The van der Waals surface area contributed by atoms with E-state index in [9.17, 15) is 4.79 Å². The highest BCUT2D eigenvalue weighted by Gasteiger charge is 2.02. The Morgan fingerprint density at radius 2 is 1.77 bits per heavy atom. The molecule has 0 unspecified atom stereocenters. The number of hydrogen-bond acceptors (Lipinski definition) is 3. The van der Waals surface area contributed by atoms with Crippen LogP contribution in [0.25, 0.3) is 0 Å². The van der Waals surface area contributed by atoms with E-state index in [4.69, 9.17) is 16.3 Å². The van der Waals surface area contributed by atoms with Crippen molar-refractivity contribution < 1.29 is 4.74 Å². The summed E-state index contributed by atoms with van der Waals surface area (Å²) in [6.45, 7) is 0. The van der Waals surface area contributed by atoms with Crippen molar-refractivity contribution in [3.63, 3.8) is 0 Å². The maximum atomic E-state index is 11.0. The minimum Gasteiger partial charge on any atom is -0.457 e. The number of halogens is 1. The van der Waals surface area contributed by atoms with Crippen molar-refractivity contribution in [1.29, 1.82) is 0 Å². The lowest BCUT2D eigenvalue weighted by molar-refractivity contribution is 0.482. The van der Waals surface area contributed by atoms with Crippen molar-refractivity contribution in [1.82, 2.24) is 10.2 Å². The van der Waals surface area contributed by atoms with Crippen LogP contribution < -0.4 is 10.3 Å². The average Bonchev–Trinajstić information content (AvgIpc) is 2.50. The van der Waals surface area contributed by atoms with Gasteiger partial charge in [0.1, 0.15) is 11.5 Å². The monoisotopic (exact) mass is 312 g/mol. The molecule has 3 aromatic rings. The lowest BCUT2D eigenvalue weighted by atomic mass is 10.1. The van der Waals surface area contributed by atoms with Gasteiger partial charge < -0.3 is 4.74 Å². The van der Waals surface area contributed by atoms with Gasteiger partial charge in [-0.1, -0.05) is 29.8 Å². The molecule has 0 saturated heterocycles. The van der Waals surface area contributed by atoms with Crippen molar-refractivity contribution in [2.45, 2.75) is 6.42 Å². The Kier molecular flexibility index (Phi) is 4.21. The lowest BCUT2D eigenvalue weighted by Gasteiger charge is -2.08. The molecule has 0 aliphatic rings. The predicted octanol–water partition coefficient (Wildman–Crippen LogP) is 3.81. The van der Waals surface area contributed by atoms with Gasteiger partial charge in [0, 0.05) is 17.5 Å². The molecule has 0 saturated carbocycles. The first kappa shape index (κ1) is 14.4. The Morgan fingerprint density at radius 1 is 1.00 bits per heavy atom. The second kappa shape index (κ2) is 6.45. The number of nitrogens with zero attached hydrogens (tertiary/aromatic N) is 1. The SMILES string of the molecule is O=c1ccc(Cc2cccc(Oc3cccc(Cl)c3)c2)n[nH]1. The van der Waals surface area contributed by atoms with E-state index in [2.05, 4.69) is 10.2 Å². The molecule has 5 heteroatoms. The van der Waals surface area contributed by atoms with E-state index in [1.165, 1.54) is 6.07 Å². The van der Waals surface area contributed by atoms with Crippen molar-refractivity contribution in [2.24, 2.45) is 0 Å². The number of rotatable bonds is 4. The molecule has 2 aromatic carbocycles. The van der Waals surface area contributed by atoms with Gasteiger partial charge in [0.15, 0.2) is 0 Å². The van der Waals surface area contributed by atoms with E-state index in [1.54, 1.807) is 18.2 Å². The van der Waals surface area contributed by atoms with Gasteiger partial charge in [0.2, 0.25) is 0 Å². The smallest absolute Gasteiger partial charge is 0.264 e. The minimum absolute atomic E-state index is 0.207. The number of ether oxygens (including phenoxy) is 1. The normalized spacial score (nSPS) is 10.4. The van der Waals surface area contributed by atoms with Gasteiger partial charge in [0.25, 0.3) is 5.56 Å². The van der Waals surface area contributed by atoms with Crippen LogP contribution in [0.5, 0.6) is 11.5 Å². The summed E-state index contributed by atoms with van der Waals surface area (Å²) in [7, 11) is 0. The van der Waals surface area contributed by atoms with Crippen LogP contribution in [0.15, 0.2) is 65.5 Å². The Morgan fingerprint density at radius 3 is 2.50 bits per heavy atom. The zero-order chi connectivity index (χ0) is 15.4. The molecule has 0 fully saturated rings. The Hall–Kier alpha value is -2.59. The fourth-order valence-corrected chi connectivity index (χ4v) is 2.25. The quantitative estimate of drug-likeness (QED) is 0.797. The van der Waals surface area contributed by atoms with Crippen LogP contribution in [0.1, 0.15) is 11.3 Å². The average molecular weight is 313 g/mol. The molecule has 22 heavy (non-hydrogen) atoms. The van der Waals surface area contributed by atoms with Gasteiger partial charge in [-0.15, -0.1) is 0 Å². The highest BCUT2D eigenvalue weighted by atomic mass is 35.5. The standard InChI is InChI=1S/C17H13ClN2O2/c18-13-4-2-6-16(11-13)22-15-5-1-3-12(10-15)9-14-7-8-17(21)20-19-14/h1-8,10-11H,9H2,(H,20,21). The van der Waals surface area contributed by atoms with Gasteiger partial charge in [0.05, 0.1) is 5.69 Å². The minimum atomic E-state index is -0.207. The van der Waals surface area contributed by atoms with E-state index in [-0.39, 0.29) is 5.56 Å². The fourth-order valence-electron chi connectivity index (χ4n) is 2.07. The van der Waals surface area contributed by atoms with Crippen LogP contribution in [0.4, 0.5) is 0 Å². The molecule has 0 atom stereocenters. The van der Waals surface area contributed by atoms with Crippen LogP contribution >= 0.6 is 11.6 Å². The summed E-state index contributed by atoms with van der Waals surface area (Å²) in [5.41, 5.74) is 1.63. The van der Waals surface area contributed by atoms with Crippen molar-refractivity contribution in [3.8, 4) is 11.5 Å². The van der Waals surface area contributed by atoms with Crippen molar-refractivity contribution in [2.75, 3.05) is 0 Å². The number of nitrogens with one attached hydrogen (secondary N) is 1. The lowest BCUT2D eigenvalue weighted by Crippen LogP contribution is -2.07. The molecule has 3 rings (SSSR count). The zero-order valence-corrected chi connectivity index (χ0v) is 12.4. The highest BCUT2D eigenvalue weighted by Crippen LogP contribution is 2.25. The van der Waals surface area contributed by atoms with Gasteiger partial charge in [-0.25, -0.2) is 5.10 Å². The topological polar surface area (TPSA) is 55.0 Å². The Bertz CT molecular complexity index is 825. The number of H-pyrrole nitrogens is 1. The molecular formula is C17H13ClN2O2. The first-order chi connectivity index (χ1) is 10.7. The number of hydrogen-bond donors (Lipinski definition) is 1. The summed E-state index contributed by atoms with van der Waals surface area (Å²) in [5.74, 6) is 1.41. The highest BCUT2D eigenvalue weighted by molar-refractivity contribution is 6.30. The van der Waals surface area contributed by atoms with Gasteiger partial charge in [-0.05, 0) is 42.0 Å². The van der Waals surface area contributed by atoms with Crippen LogP contribution in [-0.2, 0) is 6.42 Å². The molecular weight excluding hydrogens is 300 g/mol. The van der Waals surface area contributed by atoms with E-state index < -0.39 is 0 Å². The third kappa shape index (κ3) is 3.74. The molecule has 1 aromatic heterocycles. The molecule has 4 nitrogen and oxygen atoms in total. The fraction of sp³-hybridized carbons (Fsp3) is 0.0588. The first-order valence-electron chi connectivity index (χ1n) is 6.76. The van der Waals surface area contributed by atoms with Gasteiger partial charge in [-0.2, -0.15) is 5.10 Å². The molecule has 1 N–H and O–H groups in total. The second-order valence-electron chi connectivity index (χ2n) is 4.80. The van der Waals surface area contributed by atoms with Crippen LogP contribution in [0.2, 0.25) is 5.02 Å². The predicted molar refractivity (Wildman–Crippen MR) is 85.6 cm³/mol. The van der Waals surface area contributed by atoms with Crippen LogP contribution in [0, 0.1) is 0 Å². The Balaban J connectivity index is 1.77. The molecule has 0 radical (unpaired) electrons.